The van der Waals surface area contributed by atoms with Crippen LogP contribution in [0.2, 0.25) is 0 Å². The van der Waals surface area contributed by atoms with E-state index in [0.29, 0.717) is 17.6 Å². The summed E-state index contributed by atoms with van der Waals surface area (Å²) in [4.78, 5) is 18.8. The summed E-state index contributed by atoms with van der Waals surface area (Å²) >= 11 is 0. The number of nitrogens with zero attached hydrogens (tertiary/aromatic N) is 3. The summed E-state index contributed by atoms with van der Waals surface area (Å²) in [6.07, 6.45) is 1.96. The second-order valence-electron chi connectivity index (χ2n) is 8.46. The van der Waals surface area contributed by atoms with Crippen molar-refractivity contribution in [2.45, 2.75) is 32.0 Å². The molecule has 3 unspecified atom stereocenters. The van der Waals surface area contributed by atoms with Crippen LogP contribution in [0.4, 0.5) is 0 Å². The topological polar surface area (TPSA) is 47.0 Å². The fourth-order valence-electron chi connectivity index (χ4n) is 4.34. The van der Waals surface area contributed by atoms with E-state index in [1.807, 2.05) is 42.5 Å². The molecule has 0 aromatic heterocycles. The molecule has 1 aliphatic heterocycles. The van der Waals surface area contributed by atoms with Crippen LogP contribution in [0.1, 0.15) is 41.4 Å². The van der Waals surface area contributed by atoms with Crippen molar-refractivity contribution >= 4 is 5.91 Å². The second kappa shape index (κ2) is 9.45. The third-order valence-electron chi connectivity index (χ3n) is 5.92. The maximum Gasteiger partial charge on any atom is 0.253 e. The summed E-state index contributed by atoms with van der Waals surface area (Å²) < 4.78 is 0. The first-order valence-corrected chi connectivity index (χ1v) is 10.5. The van der Waals surface area contributed by atoms with Gasteiger partial charge in [-0.05, 0) is 49.2 Å². The number of carbonyl (C=O) groups excluding carboxylic acids is 1. The van der Waals surface area contributed by atoms with Crippen LogP contribution in [0.15, 0.2) is 61.2 Å². The number of hydrogen-bond acceptors (Lipinski definition) is 4. The summed E-state index contributed by atoms with van der Waals surface area (Å²) in [7, 11) is 3.52. The number of carbonyl (C=O) groups is 1. The highest BCUT2D eigenvalue weighted by molar-refractivity contribution is 5.93. The minimum absolute atomic E-state index is 0.00365. The molecule has 2 aromatic rings. The Bertz CT molecular complexity index is 878. The molecule has 1 aliphatic rings. The Balaban J connectivity index is 1.98. The number of rotatable bonds is 6. The number of benzene rings is 2. The van der Waals surface area contributed by atoms with E-state index in [1.165, 1.54) is 0 Å². The molecule has 1 fully saturated rings. The zero-order valence-electron chi connectivity index (χ0n) is 18.5. The molecule has 5 nitrogen and oxygen atoms in total. The van der Waals surface area contributed by atoms with Gasteiger partial charge in [-0.25, -0.2) is 0 Å². The van der Waals surface area contributed by atoms with Gasteiger partial charge < -0.3 is 10.0 Å². The van der Waals surface area contributed by atoms with E-state index in [-0.39, 0.29) is 17.7 Å². The first-order valence-electron chi connectivity index (χ1n) is 10.5. The van der Waals surface area contributed by atoms with Crippen molar-refractivity contribution in [2.75, 3.05) is 33.7 Å². The first kappa shape index (κ1) is 22.1. The smallest absolute Gasteiger partial charge is 0.253 e. The third kappa shape index (κ3) is 4.74. The molecule has 2 aromatic carbocycles. The van der Waals surface area contributed by atoms with E-state index in [2.05, 4.69) is 36.3 Å². The maximum absolute atomic E-state index is 12.3. The van der Waals surface area contributed by atoms with Crippen molar-refractivity contribution in [3.63, 3.8) is 0 Å². The standard InChI is InChI=1S/C25H33N3O2/c1-6-14-27-16-19(3)28(17-18(27)2)24(22-8-7-9-23(29)15-22)20-10-12-21(13-11-20)25(30)26(4)5/h6-13,15,18-19,24,29H,1,14,16-17H2,2-5H3. The Labute approximate surface area is 180 Å². The summed E-state index contributed by atoms with van der Waals surface area (Å²) in [5, 5.41) is 10.1. The van der Waals surface area contributed by atoms with E-state index in [0.717, 1.165) is 30.8 Å². The number of phenolic OH excluding ortho intramolecular Hbond substituents is 1. The summed E-state index contributed by atoms with van der Waals surface area (Å²) in [5.41, 5.74) is 2.85. The molecular weight excluding hydrogens is 374 g/mol. The van der Waals surface area contributed by atoms with Gasteiger partial charge in [0.2, 0.25) is 0 Å². The van der Waals surface area contributed by atoms with Crippen LogP contribution in [-0.4, -0.2) is 71.5 Å². The van der Waals surface area contributed by atoms with Gasteiger partial charge >= 0.3 is 0 Å². The molecule has 30 heavy (non-hydrogen) atoms. The van der Waals surface area contributed by atoms with Gasteiger partial charge in [-0.2, -0.15) is 0 Å². The van der Waals surface area contributed by atoms with Crippen molar-refractivity contribution < 1.29 is 9.90 Å². The van der Waals surface area contributed by atoms with Crippen molar-refractivity contribution in [1.82, 2.24) is 14.7 Å². The van der Waals surface area contributed by atoms with Gasteiger partial charge in [0, 0.05) is 51.4 Å². The predicted molar refractivity (Wildman–Crippen MR) is 122 cm³/mol. The van der Waals surface area contributed by atoms with E-state index in [9.17, 15) is 9.90 Å². The van der Waals surface area contributed by atoms with E-state index < -0.39 is 0 Å². The Kier molecular flexibility index (Phi) is 6.95. The summed E-state index contributed by atoms with van der Waals surface area (Å²) in [6, 6.07) is 16.1. The highest BCUT2D eigenvalue weighted by Crippen LogP contribution is 2.34. The lowest BCUT2D eigenvalue weighted by atomic mass is 9.92. The van der Waals surface area contributed by atoms with Gasteiger partial charge in [0.15, 0.2) is 0 Å². The van der Waals surface area contributed by atoms with Crippen LogP contribution in [0, 0.1) is 0 Å². The third-order valence-corrected chi connectivity index (χ3v) is 5.92. The molecule has 3 rings (SSSR count). The van der Waals surface area contributed by atoms with Crippen molar-refractivity contribution in [3.8, 4) is 5.75 Å². The SMILES string of the molecule is C=CCN1CC(C)N(C(c2ccc(C(=O)N(C)C)cc2)c2cccc(O)c2)CC1C. The molecular formula is C25H33N3O2. The monoisotopic (exact) mass is 407 g/mol. The number of amides is 1. The van der Waals surface area contributed by atoms with E-state index in [4.69, 9.17) is 0 Å². The number of phenols is 1. The Morgan fingerprint density at radius 1 is 1.13 bits per heavy atom. The second-order valence-corrected chi connectivity index (χ2v) is 8.46. The van der Waals surface area contributed by atoms with E-state index in [1.54, 1.807) is 25.1 Å². The Morgan fingerprint density at radius 2 is 1.83 bits per heavy atom. The molecule has 0 aliphatic carbocycles. The molecule has 0 radical (unpaired) electrons. The van der Waals surface area contributed by atoms with Gasteiger partial charge in [-0.1, -0.05) is 30.3 Å². The lowest BCUT2D eigenvalue weighted by Crippen LogP contribution is -2.57. The lowest BCUT2D eigenvalue weighted by Gasteiger charge is -2.47. The number of aromatic hydroxyl groups is 1. The quantitative estimate of drug-likeness (QED) is 0.741. The Morgan fingerprint density at radius 3 is 2.43 bits per heavy atom. The number of piperazine rings is 1. The van der Waals surface area contributed by atoms with Crippen molar-refractivity contribution in [3.05, 3.63) is 77.9 Å². The normalized spacial score (nSPS) is 21.2. The molecule has 1 N–H and O–H groups in total. The summed E-state index contributed by atoms with van der Waals surface area (Å²) in [6.45, 7) is 11.2. The van der Waals surface area contributed by atoms with Crippen molar-refractivity contribution in [2.24, 2.45) is 0 Å². The maximum atomic E-state index is 12.3. The van der Waals surface area contributed by atoms with Crippen LogP contribution in [-0.2, 0) is 0 Å². The minimum atomic E-state index is -0.00418. The van der Waals surface area contributed by atoms with E-state index >= 15 is 0 Å². The van der Waals surface area contributed by atoms with Crippen LogP contribution < -0.4 is 0 Å². The molecule has 1 heterocycles. The van der Waals surface area contributed by atoms with Crippen LogP contribution >= 0.6 is 0 Å². The zero-order valence-corrected chi connectivity index (χ0v) is 18.5. The highest BCUT2D eigenvalue weighted by Gasteiger charge is 2.34. The molecule has 0 spiro atoms. The number of hydrogen-bond donors (Lipinski definition) is 1. The first-order chi connectivity index (χ1) is 14.3. The predicted octanol–water partition coefficient (Wildman–Crippen LogP) is 3.76. The zero-order chi connectivity index (χ0) is 21.8. The average Bonchev–Trinajstić information content (AvgIpc) is 2.72. The van der Waals surface area contributed by atoms with Gasteiger partial charge in [0.1, 0.15) is 5.75 Å². The van der Waals surface area contributed by atoms with Gasteiger partial charge in [-0.3, -0.25) is 14.6 Å². The average molecular weight is 408 g/mol. The molecule has 5 heteroatoms. The van der Waals surface area contributed by atoms with Gasteiger partial charge in [0.25, 0.3) is 5.91 Å². The van der Waals surface area contributed by atoms with Crippen molar-refractivity contribution in [1.29, 1.82) is 0 Å². The molecule has 1 amide bonds. The molecule has 1 saturated heterocycles. The van der Waals surface area contributed by atoms with Gasteiger partial charge in [0.05, 0.1) is 6.04 Å². The molecule has 0 bridgehead atoms. The van der Waals surface area contributed by atoms with Gasteiger partial charge in [-0.15, -0.1) is 6.58 Å². The largest absolute Gasteiger partial charge is 0.508 e. The van der Waals surface area contributed by atoms with Crippen LogP contribution in [0.5, 0.6) is 5.75 Å². The fourth-order valence-corrected chi connectivity index (χ4v) is 4.34. The minimum Gasteiger partial charge on any atom is -0.508 e. The fraction of sp³-hybridized carbons (Fsp3) is 0.400. The van der Waals surface area contributed by atoms with Crippen LogP contribution in [0.25, 0.3) is 0 Å². The Hall–Kier alpha value is -2.63. The molecule has 160 valence electrons. The molecule has 0 saturated carbocycles. The molecule has 3 atom stereocenters. The summed E-state index contributed by atoms with van der Waals surface area (Å²) in [5.74, 6) is 0.262. The highest BCUT2D eigenvalue weighted by atomic mass is 16.3. The van der Waals surface area contributed by atoms with Crippen LogP contribution in [0.3, 0.4) is 0 Å². The lowest BCUT2D eigenvalue weighted by molar-refractivity contribution is 0.0306.